The molecule has 0 fully saturated rings. The monoisotopic (exact) mass is 269 g/mol. The van der Waals surface area contributed by atoms with E-state index < -0.39 is 5.97 Å². The molecule has 0 aliphatic rings. The summed E-state index contributed by atoms with van der Waals surface area (Å²) >= 11 is 0. The summed E-state index contributed by atoms with van der Waals surface area (Å²) in [4.78, 5) is 21.8. The van der Waals surface area contributed by atoms with Gasteiger partial charge in [0.05, 0.1) is 23.0 Å². The molecule has 2 aromatic heterocycles. The number of aromatic nitrogens is 3. The number of carboxylic acid groups (broad SMARTS) is 1. The number of fused-ring (bicyclic) bond motifs is 1. The molecule has 0 saturated carbocycles. The third-order valence-electron chi connectivity index (χ3n) is 2.78. The average Bonchev–Trinajstić information content (AvgIpc) is 2.78. The summed E-state index contributed by atoms with van der Waals surface area (Å²) in [5, 5.41) is 12.0. The second-order valence-electron chi connectivity index (χ2n) is 4.22. The highest BCUT2D eigenvalue weighted by molar-refractivity contribution is 5.88. The van der Waals surface area contributed by atoms with E-state index in [1.165, 1.54) is 12.1 Å². The van der Waals surface area contributed by atoms with Gasteiger partial charge in [-0.2, -0.15) is 4.98 Å². The van der Waals surface area contributed by atoms with Gasteiger partial charge in [0, 0.05) is 5.69 Å². The van der Waals surface area contributed by atoms with Crippen LogP contribution < -0.4 is 11.1 Å². The zero-order valence-electron chi connectivity index (χ0n) is 10.3. The predicted molar refractivity (Wildman–Crippen MR) is 75.0 cm³/mol. The number of benzene rings is 1. The molecule has 0 spiro atoms. The van der Waals surface area contributed by atoms with E-state index in [1.54, 1.807) is 18.3 Å². The lowest BCUT2D eigenvalue weighted by atomic mass is 10.2. The van der Waals surface area contributed by atoms with Gasteiger partial charge in [-0.1, -0.05) is 0 Å². The molecule has 0 saturated heterocycles. The van der Waals surface area contributed by atoms with Crippen molar-refractivity contribution < 1.29 is 9.90 Å². The van der Waals surface area contributed by atoms with Crippen molar-refractivity contribution in [1.29, 1.82) is 0 Å². The van der Waals surface area contributed by atoms with E-state index in [9.17, 15) is 4.79 Å². The standard InChI is InChI=1S/C13H11N5O2/c14-13-17-10-5-9(6-15-11(10)18-13)16-8-3-1-7(2-4-8)12(19)20/h1-6,16H,(H,19,20)(H3,14,15,17,18). The fourth-order valence-corrected chi connectivity index (χ4v) is 1.85. The molecule has 3 rings (SSSR count). The van der Waals surface area contributed by atoms with Gasteiger partial charge >= 0.3 is 5.97 Å². The lowest BCUT2D eigenvalue weighted by Gasteiger charge is -2.06. The Morgan fingerprint density at radius 2 is 2.00 bits per heavy atom. The minimum atomic E-state index is -0.951. The summed E-state index contributed by atoms with van der Waals surface area (Å²) in [6, 6.07) is 8.27. The number of anilines is 3. The summed E-state index contributed by atoms with van der Waals surface area (Å²) in [6.45, 7) is 0. The van der Waals surface area contributed by atoms with Crippen LogP contribution in [0.4, 0.5) is 17.3 Å². The van der Waals surface area contributed by atoms with E-state index in [0.717, 1.165) is 16.9 Å². The van der Waals surface area contributed by atoms with Gasteiger partial charge in [-0.3, -0.25) is 0 Å². The van der Waals surface area contributed by atoms with Gasteiger partial charge in [0.1, 0.15) is 0 Å². The number of H-pyrrole nitrogens is 1. The fraction of sp³-hybridized carbons (Fsp3) is 0. The number of pyridine rings is 1. The van der Waals surface area contributed by atoms with Crippen LogP contribution in [-0.2, 0) is 0 Å². The first kappa shape index (κ1) is 12.0. The summed E-state index contributed by atoms with van der Waals surface area (Å²) in [6.07, 6.45) is 1.63. The SMILES string of the molecule is Nc1nc2ncc(Nc3ccc(C(=O)O)cc3)cc2[nH]1. The van der Waals surface area contributed by atoms with Crippen LogP contribution in [0.2, 0.25) is 0 Å². The Balaban J connectivity index is 1.86. The van der Waals surface area contributed by atoms with E-state index >= 15 is 0 Å². The number of nitrogens with one attached hydrogen (secondary N) is 2. The molecule has 0 radical (unpaired) electrons. The van der Waals surface area contributed by atoms with Crippen molar-refractivity contribution >= 4 is 34.5 Å². The van der Waals surface area contributed by atoms with Crippen molar-refractivity contribution in [2.45, 2.75) is 0 Å². The number of nitrogens with zero attached hydrogens (tertiary/aromatic N) is 2. The molecule has 7 nitrogen and oxygen atoms in total. The maximum atomic E-state index is 10.8. The number of hydrogen-bond acceptors (Lipinski definition) is 5. The number of carboxylic acids is 1. The van der Waals surface area contributed by atoms with Crippen LogP contribution in [-0.4, -0.2) is 26.0 Å². The van der Waals surface area contributed by atoms with E-state index in [-0.39, 0.29) is 5.56 Å². The van der Waals surface area contributed by atoms with Gasteiger partial charge in [-0.15, -0.1) is 0 Å². The number of nitrogens with two attached hydrogens (primary N) is 1. The summed E-state index contributed by atoms with van der Waals surface area (Å²) in [7, 11) is 0. The number of carbonyl (C=O) groups is 1. The van der Waals surface area contributed by atoms with Crippen molar-refractivity contribution in [3.8, 4) is 0 Å². The predicted octanol–water partition coefficient (Wildman–Crippen LogP) is 1.98. The van der Waals surface area contributed by atoms with Crippen molar-refractivity contribution in [2.24, 2.45) is 0 Å². The maximum absolute atomic E-state index is 10.8. The van der Waals surface area contributed by atoms with Crippen molar-refractivity contribution in [1.82, 2.24) is 15.0 Å². The van der Waals surface area contributed by atoms with Crippen molar-refractivity contribution in [3.05, 3.63) is 42.1 Å². The second-order valence-corrected chi connectivity index (χ2v) is 4.22. The van der Waals surface area contributed by atoms with Crippen LogP contribution in [0, 0.1) is 0 Å². The Morgan fingerprint density at radius 3 is 2.70 bits per heavy atom. The molecule has 3 aromatic rings. The molecule has 1 aromatic carbocycles. The summed E-state index contributed by atoms with van der Waals surface area (Å²) in [5.41, 5.74) is 8.60. The second kappa shape index (κ2) is 4.54. The van der Waals surface area contributed by atoms with E-state index in [2.05, 4.69) is 20.3 Å². The Hall–Kier alpha value is -3.09. The summed E-state index contributed by atoms with van der Waals surface area (Å²) < 4.78 is 0. The summed E-state index contributed by atoms with van der Waals surface area (Å²) in [5.74, 6) is -0.636. The van der Waals surface area contributed by atoms with Gasteiger partial charge in [-0.25, -0.2) is 9.78 Å². The minimum Gasteiger partial charge on any atom is -0.478 e. The molecule has 5 N–H and O–H groups in total. The number of imidazole rings is 1. The third kappa shape index (κ3) is 2.24. The molecule has 0 bridgehead atoms. The lowest BCUT2D eigenvalue weighted by molar-refractivity contribution is 0.0697. The average molecular weight is 269 g/mol. The smallest absolute Gasteiger partial charge is 0.335 e. The van der Waals surface area contributed by atoms with Gasteiger partial charge < -0.3 is 21.1 Å². The normalized spacial score (nSPS) is 10.6. The molecule has 100 valence electrons. The molecule has 7 heteroatoms. The molecular formula is C13H11N5O2. The lowest BCUT2D eigenvalue weighted by Crippen LogP contribution is -1.96. The highest BCUT2D eigenvalue weighted by Crippen LogP contribution is 2.20. The Morgan fingerprint density at radius 1 is 1.25 bits per heavy atom. The molecule has 0 atom stereocenters. The van der Waals surface area contributed by atoms with Crippen molar-refractivity contribution in [3.63, 3.8) is 0 Å². The van der Waals surface area contributed by atoms with Crippen LogP contribution >= 0.6 is 0 Å². The third-order valence-corrected chi connectivity index (χ3v) is 2.78. The Bertz CT molecular complexity index is 779. The van der Waals surface area contributed by atoms with Crippen LogP contribution in [0.15, 0.2) is 36.5 Å². The molecule has 0 aliphatic carbocycles. The number of rotatable bonds is 3. The van der Waals surface area contributed by atoms with Crippen molar-refractivity contribution in [2.75, 3.05) is 11.1 Å². The van der Waals surface area contributed by atoms with E-state index in [0.29, 0.717) is 11.6 Å². The first-order valence-electron chi connectivity index (χ1n) is 5.83. The zero-order chi connectivity index (χ0) is 14.1. The van der Waals surface area contributed by atoms with Crippen LogP contribution in [0.1, 0.15) is 10.4 Å². The molecule has 0 amide bonds. The van der Waals surface area contributed by atoms with Crippen LogP contribution in [0.25, 0.3) is 11.2 Å². The molecule has 20 heavy (non-hydrogen) atoms. The van der Waals surface area contributed by atoms with Gasteiger partial charge in [0.15, 0.2) is 11.6 Å². The number of hydrogen-bond donors (Lipinski definition) is 4. The number of aromatic amines is 1. The maximum Gasteiger partial charge on any atom is 0.335 e. The Labute approximate surface area is 113 Å². The molecule has 0 aliphatic heterocycles. The minimum absolute atomic E-state index is 0.241. The highest BCUT2D eigenvalue weighted by Gasteiger charge is 2.04. The first-order chi connectivity index (χ1) is 9.61. The van der Waals surface area contributed by atoms with Crippen LogP contribution in [0.3, 0.4) is 0 Å². The number of aromatic carboxylic acids is 1. The zero-order valence-corrected chi connectivity index (χ0v) is 10.3. The van der Waals surface area contributed by atoms with Gasteiger partial charge in [0.25, 0.3) is 0 Å². The number of nitrogen functional groups attached to an aromatic ring is 1. The van der Waals surface area contributed by atoms with Gasteiger partial charge in [0.2, 0.25) is 0 Å². The topological polar surface area (TPSA) is 117 Å². The molecule has 2 heterocycles. The molecule has 0 unspecified atom stereocenters. The first-order valence-corrected chi connectivity index (χ1v) is 5.83. The van der Waals surface area contributed by atoms with E-state index in [4.69, 9.17) is 10.8 Å². The Kier molecular flexibility index (Phi) is 2.72. The largest absolute Gasteiger partial charge is 0.478 e. The highest BCUT2D eigenvalue weighted by atomic mass is 16.4. The van der Waals surface area contributed by atoms with E-state index in [1.807, 2.05) is 6.07 Å². The molecular weight excluding hydrogens is 258 g/mol. The van der Waals surface area contributed by atoms with Gasteiger partial charge in [-0.05, 0) is 30.3 Å². The fourth-order valence-electron chi connectivity index (χ4n) is 1.85. The quantitative estimate of drug-likeness (QED) is 0.577. The van der Waals surface area contributed by atoms with Crippen LogP contribution in [0.5, 0.6) is 0 Å².